The predicted molar refractivity (Wildman–Crippen MR) is 104 cm³/mol. The number of hydrogen-bond acceptors (Lipinski definition) is 6. The molecule has 1 atom stereocenters. The zero-order chi connectivity index (χ0) is 23.0. The van der Waals surface area contributed by atoms with Crippen molar-refractivity contribution in [1.29, 1.82) is 0 Å². The fourth-order valence-electron chi connectivity index (χ4n) is 2.95. The summed E-state index contributed by atoms with van der Waals surface area (Å²) in [6, 6.07) is 7.57. The third kappa shape index (κ3) is 5.26. The van der Waals surface area contributed by atoms with Crippen molar-refractivity contribution in [2.75, 3.05) is 10.5 Å². The molecule has 0 aliphatic carbocycles. The van der Waals surface area contributed by atoms with Crippen LogP contribution in [0.4, 0.5) is 28.9 Å². The van der Waals surface area contributed by atoms with Crippen LogP contribution in [-0.4, -0.2) is 38.0 Å². The van der Waals surface area contributed by atoms with Crippen molar-refractivity contribution < 1.29 is 40.5 Å². The van der Waals surface area contributed by atoms with E-state index in [0.717, 1.165) is 12.1 Å². The van der Waals surface area contributed by atoms with Gasteiger partial charge in [-0.05, 0) is 40.9 Å². The van der Waals surface area contributed by atoms with E-state index < -0.39 is 52.5 Å². The van der Waals surface area contributed by atoms with Gasteiger partial charge in [-0.15, -0.1) is 0 Å². The van der Waals surface area contributed by atoms with Crippen LogP contribution in [0, 0.1) is 5.82 Å². The number of benzene rings is 2. The van der Waals surface area contributed by atoms with Gasteiger partial charge >= 0.3 is 19.2 Å². The summed E-state index contributed by atoms with van der Waals surface area (Å²) in [5, 5.41) is 9.02. The topological polar surface area (TPSA) is 131 Å². The molecule has 31 heavy (non-hydrogen) atoms. The van der Waals surface area contributed by atoms with E-state index in [1.807, 2.05) is 4.72 Å². The van der Waals surface area contributed by atoms with Crippen LogP contribution in [0.25, 0.3) is 0 Å². The van der Waals surface area contributed by atoms with Gasteiger partial charge in [-0.25, -0.2) is 12.8 Å². The van der Waals surface area contributed by atoms with Crippen LogP contribution in [0.2, 0.25) is 0 Å². The lowest BCUT2D eigenvalue weighted by Gasteiger charge is -2.21. The summed E-state index contributed by atoms with van der Waals surface area (Å²) in [5.41, 5.74) is 5.81. The highest BCUT2D eigenvalue weighted by molar-refractivity contribution is 7.93. The van der Waals surface area contributed by atoms with Gasteiger partial charge < -0.3 is 20.7 Å². The monoisotopic (exact) mass is 461 g/mol. The van der Waals surface area contributed by atoms with Crippen LogP contribution in [0.5, 0.6) is 0 Å². The molecule has 2 aromatic carbocycles. The minimum Gasteiger partial charge on any atom is -0.423 e. The second kappa shape index (κ2) is 8.36. The van der Waals surface area contributed by atoms with Crippen LogP contribution < -0.4 is 21.2 Å². The predicted octanol–water partition coefficient (Wildman–Crippen LogP) is 0.615. The molecule has 2 aromatic rings. The van der Waals surface area contributed by atoms with Gasteiger partial charge in [0, 0.05) is 12.1 Å². The molecule has 14 heteroatoms. The fraction of sp³-hybridized carbons (Fsp3) is 0.235. The lowest BCUT2D eigenvalue weighted by Crippen LogP contribution is -2.49. The molecule has 0 saturated heterocycles. The highest BCUT2D eigenvalue weighted by atomic mass is 32.2. The molecule has 0 aromatic heterocycles. The molecule has 1 heterocycles. The van der Waals surface area contributed by atoms with Gasteiger partial charge in [0.05, 0.1) is 12.3 Å². The number of amides is 1. The smallest absolute Gasteiger partial charge is 0.423 e. The van der Waals surface area contributed by atoms with Gasteiger partial charge in [0.25, 0.3) is 10.0 Å². The van der Waals surface area contributed by atoms with Crippen LogP contribution >= 0.6 is 0 Å². The molecule has 0 saturated carbocycles. The Morgan fingerprint density at radius 3 is 2.65 bits per heavy atom. The second-order valence-electron chi connectivity index (χ2n) is 6.75. The lowest BCUT2D eigenvalue weighted by molar-refractivity contribution is -0.173. The highest BCUT2D eigenvalue weighted by Gasteiger charge is 2.42. The Morgan fingerprint density at radius 2 is 2.00 bits per heavy atom. The van der Waals surface area contributed by atoms with Crippen molar-refractivity contribution in [1.82, 2.24) is 5.32 Å². The van der Waals surface area contributed by atoms with E-state index in [9.17, 15) is 35.8 Å². The number of nitrogens with two attached hydrogens (primary N) is 1. The summed E-state index contributed by atoms with van der Waals surface area (Å²) in [6.45, 7) is -0.0971. The molecule has 166 valence electrons. The Kier molecular flexibility index (Phi) is 6.16. The Bertz CT molecular complexity index is 1110. The number of anilines is 2. The lowest BCUT2D eigenvalue weighted by atomic mass is 9.79. The van der Waals surface area contributed by atoms with Gasteiger partial charge in [-0.1, -0.05) is 12.1 Å². The first-order valence-corrected chi connectivity index (χ1v) is 10.3. The van der Waals surface area contributed by atoms with Crippen molar-refractivity contribution >= 4 is 39.9 Å². The SMILES string of the molecule is Nc1cccc(CC(NC(=O)C(F)(F)F)S(=O)(=O)Nc2cc3c(cc2F)COB3O)c1. The normalized spacial score (nSPS) is 14.8. The van der Waals surface area contributed by atoms with Crippen molar-refractivity contribution in [3.05, 3.63) is 53.3 Å². The van der Waals surface area contributed by atoms with Gasteiger partial charge in [0.2, 0.25) is 0 Å². The fourth-order valence-corrected chi connectivity index (χ4v) is 4.23. The molecular weight excluding hydrogens is 445 g/mol. The van der Waals surface area contributed by atoms with Crippen molar-refractivity contribution in [3.8, 4) is 0 Å². The minimum atomic E-state index is -5.34. The Balaban J connectivity index is 1.93. The second-order valence-corrected chi connectivity index (χ2v) is 8.61. The van der Waals surface area contributed by atoms with E-state index >= 15 is 0 Å². The molecule has 8 nitrogen and oxygen atoms in total. The summed E-state index contributed by atoms with van der Waals surface area (Å²) in [6.07, 6.45) is -5.93. The first kappa shape index (κ1) is 22.8. The van der Waals surface area contributed by atoms with Crippen molar-refractivity contribution in [2.45, 2.75) is 24.6 Å². The molecule has 1 aliphatic heterocycles. The first-order chi connectivity index (χ1) is 14.4. The number of carbonyl (C=O) groups excluding carboxylic acids is 1. The number of rotatable bonds is 6. The molecule has 1 aliphatic rings. The zero-order valence-electron chi connectivity index (χ0n) is 15.6. The molecule has 0 bridgehead atoms. The van der Waals surface area contributed by atoms with Crippen molar-refractivity contribution in [3.63, 3.8) is 0 Å². The third-order valence-corrected chi connectivity index (χ3v) is 5.98. The molecular formula is C17H16BF4N3O5S. The van der Waals surface area contributed by atoms with Gasteiger partial charge in [-0.3, -0.25) is 9.52 Å². The number of carbonyl (C=O) groups is 1. The number of nitrogens with one attached hydrogen (secondary N) is 2. The molecule has 0 radical (unpaired) electrons. The van der Waals surface area contributed by atoms with E-state index in [1.54, 1.807) is 0 Å². The van der Waals surface area contributed by atoms with E-state index in [0.29, 0.717) is 0 Å². The van der Waals surface area contributed by atoms with E-state index in [2.05, 4.69) is 0 Å². The summed E-state index contributed by atoms with van der Waals surface area (Å²) in [5.74, 6) is -3.52. The standard InChI is InChI=1S/C17H16BF4N3O5S/c19-13-6-10-8-30-18(27)12(10)7-14(13)25-31(28,29)15(24-16(26)17(20,21)22)5-9-2-1-3-11(23)4-9/h1-4,6-7,15,25,27H,5,8,23H2,(H,24,26). The number of alkyl halides is 3. The maximum Gasteiger partial charge on any atom is 0.491 e. The highest BCUT2D eigenvalue weighted by Crippen LogP contribution is 2.23. The zero-order valence-corrected chi connectivity index (χ0v) is 16.4. The maximum absolute atomic E-state index is 14.3. The Labute approximate surface area is 174 Å². The average Bonchev–Trinajstić information content (AvgIpc) is 3.00. The van der Waals surface area contributed by atoms with Crippen LogP contribution in [0.15, 0.2) is 36.4 Å². The molecule has 1 unspecified atom stereocenters. The van der Waals surface area contributed by atoms with E-state index in [1.165, 1.54) is 29.6 Å². The maximum atomic E-state index is 14.3. The van der Waals surface area contributed by atoms with E-state index in [-0.39, 0.29) is 28.9 Å². The van der Waals surface area contributed by atoms with Gasteiger partial charge in [0.15, 0.2) is 5.37 Å². The number of halogens is 4. The number of hydrogen-bond donors (Lipinski definition) is 4. The number of fused-ring (bicyclic) bond motifs is 1. The summed E-state index contributed by atoms with van der Waals surface area (Å²) in [7, 11) is -6.19. The van der Waals surface area contributed by atoms with Gasteiger partial charge in [0.1, 0.15) is 5.82 Å². The van der Waals surface area contributed by atoms with Crippen LogP contribution in [-0.2, 0) is 32.5 Å². The third-order valence-electron chi connectivity index (χ3n) is 4.44. The molecule has 0 spiro atoms. The summed E-state index contributed by atoms with van der Waals surface area (Å²) in [4.78, 5) is 11.4. The number of sulfonamides is 1. The minimum absolute atomic E-state index is 0.0971. The summed E-state index contributed by atoms with van der Waals surface area (Å²) < 4.78 is 84.9. The number of nitrogen functional groups attached to an aromatic ring is 1. The van der Waals surface area contributed by atoms with E-state index in [4.69, 9.17) is 10.4 Å². The summed E-state index contributed by atoms with van der Waals surface area (Å²) >= 11 is 0. The molecule has 3 rings (SSSR count). The molecule has 1 amide bonds. The van der Waals surface area contributed by atoms with Crippen LogP contribution in [0.1, 0.15) is 11.1 Å². The Morgan fingerprint density at radius 1 is 1.29 bits per heavy atom. The first-order valence-electron chi connectivity index (χ1n) is 8.72. The largest absolute Gasteiger partial charge is 0.491 e. The quantitative estimate of drug-likeness (QED) is 0.284. The average molecular weight is 461 g/mol. The van der Waals surface area contributed by atoms with Crippen molar-refractivity contribution in [2.24, 2.45) is 0 Å². The molecule has 0 fully saturated rings. The molecule has 5 N–H and O–H groups in total. The van der Waals surface area contributed by atoms with Crippen LogP contribution in [0.3, 0.4) is 0 Å². The Hall–Kier alpha value is -2.84. The van der Waals surface area contributed by atoms with Gasteiger partial charge in [-0.2, -0.15) is 13.2 Å².